The van der Waals surface area contributed by atoms with Gasteiger partial charge in [-0.1, -0.05) is 38.1 Å². The zero-order chi connectivity index (χ0) is 39.0. The van der Waals surface area contributed by atoms with Gasteiger partial charge in [0, 0.05) is 72.1 Å². The second-order valence-electron chi connectivity index (χ2n) is 14.2. The predicted molar refractivity (Wildman–Crippen MR) is 213 cm³/mol. The van der Waals surface area contributed by atoms with Crippen molar-refractivity contribution < 1.29 is 33.8 Å². The second kappa shape index (κ2) is 16.0. The normalized spacial score (nSPS) is 17.4. The van der Waals surface area contributed by atoms with Crippen LogP contribution in [0.2, 0.25) is 0 Å². The number of rotatable bonds is 12. The molecular weight excluding hydrogens is 753 g/mol. The molecule has 2 aliphatic heterocycles. The highest BCUT2D eigenvalue weighted by molar-refractivity contribution is 7.17. The van der Waals surface area contributed by atoms with Gasteiger partial charge in [-0.15, -0.1) is 34.5 Å². The Bertz CT molecular complexity index is 2160. The van der Waals surface area contributed by atoms with Gasteiger partial charge in [-0.3, -0.25) is 19.2 Å². The molecular formula is C39H43Cl2N5O7S. The number of carbonyl (C=O) groups excluding carboxylic acids is 5. The maximum Gasteiger partial charge on any atom is 0.405 e. The zero-order valence-electron chi connectivity index (χ0n) is 30.4. The van der Waals surface area contributed by atoms with E-state index >= 15 is 0 Å². The monoisotopic (exact) mass is 795 g/mol. The number of aryl methyl sites for hydroxylation is 1. The highest BCUT2D eigenvalue weighted by atomic mass is 35.5. The van der Waals surface area contributed by atoms with E-state index < -0.39 is 30.1 Å². The quantitative estimate of drug-likeness (QED) is 0.114. The van der Waals surface area contributed by atoms with Gasteiger partial charge in [0.15, 0.2) is 6.10 Å². The van der Waals surface area contributed by atoms with Crippen LogP contribution < -0.4 is 26.2 Å². The summed E-state index contributed by atoms with van der Waals surface area (Å²) in [6.45, 7) is 7.61. The predicted octanol–water partition coefficient (Wildman–Crippen LogP) is 6.84. The Morgan fingerprint density at radius 2 is 1.52 bits per heavy atom. The van der Waals surface area contributed by atoms with E-state index in [1.807, 2.05) is 36.6 Å². The van der Waals surface area contributed by atoms with Crippen LogP contribution in [0.1, 0.15) is 68.6 Å². The first-order chi connectivity index (χ1) is 25.7. The van der Waals surface area contributed by atoms with Crippen LogP contribution in [0.25, 0.3) is 20.9 Å². The van der Waals surface area contributed by atoms with Crippen molar-refractivity contribution in [1.29, 1.82) is 0 Å². The number of hydrogen-bond acceptors (Lipinski definition) is 8. The third-order valence-electron chi connectivity index (χ3n) is 10.2. The van der Waals surface area contributed by atoms with Gasteiger partial charge in [-0.25, -0.2) is 4.79 Å². The van der Waals surface area contributed by atoms with Crippen molar-refractivity contribution in [2.45, 2.75) is 70.9 Å². The summed E-state index contributed by atoms with van der Waals surface area (Å²) in [4.78, 5) is 68.5. The Morgan fingerprint density at radius 3 is 2.11 bits per heavy atom. The molecule has 0 fully saturated rings. The van der Waals surface area contributed by atoms with Crippen LogP contribution >= 0.6 is 34.5 Å². The van der Waals surface area contributed by atoms with Crippen molar-refractivity contribution in [2.75, 3.05) is 40.0 Å². The molecule has 12 nitrogen and oxygen atoms in total. The first-order valence-electron chi connectivity index (χ1n) is 17.8. The minimum Gasteiger partial charge on any atom is -0.506 e. The number of nitrogens with two attached hydrogens (primary N) is 1. The van der Waals surface area contributed by atoms with Crippen LogP contribution in [0.3, 0.4) is 0 Å². The molecule has 54 heavy (non-hydrogen) atoms. The van der Waals surface area contributed by atoms with Gasteiger partial charge >= 0.3 is 6.09 Å². The molecule has 1 aromatic heterocycles. The van der Waals surface area contributed by atoms with Crippen LogP contribution in [0.15, 0.2) is 41.8 Å². The van der Waals surface area contributed by atoms with E-state index in [2.05, 4.69) is 10.6 Å². The van der Waals surface area contributed by atoms with Gasteiger partial charge in [-0.05, 0) is 59.7 Å². The molecule has 0 radical (unpaired) electrons. The number of phenols is 1. The maximum absolute atomic E-state index is 13.9. The van der Waals surface area contributed by atoms with Crippen LogP contribution in [0, 0.1) is 12.8 Å². The lowest BCUT2D eigenvalue weighted by Gasteiger charge is -2.23. The summed E-state index contributed by atoms with van der Waals surface area (Å²) in [5, 5.41) is 20.8. The average Bonchev–Trinajstić information content (AvgIpc) is 3.83. The highest BCUT2D eigenvalue weighted by Crippen LogP contribution is 2.49. The molecule has 15 heteroatoms. The van der Waals surface area contributed by atoms with Crippen molar-refractivity contribution >= 4 is 102 Å². The summed E-state index contributed by atoms with van der Waals surface area (Å²) in [5.74, 6) is -1.44. The average molecular weight is 797 g/mol. The number of nitrogens with zero attached hydrogens (tertiary/aromatic N) is 2. The summed E-state index contributed by atoms with van der Waals surface area (Å²) < 4.78 is 5.74. The second-order valence-corrected chi connectivity index (χ2v) is 15.7. The smallest absolute Gasteiger partial charge is 0.405 e. The van der Waals surface area contributed by atoms with Gasteiger partial charge < -0.3 is 36.0 Å². The lowest BCUT2D eigenvalue weighted by atomic mass is 9.95. The number of phenolic OH excluding ortho intramolecular Hbond substituents is 1. The van der Waals surface area contributed by atoms with E-state index in [0.717, 1.165) is 37.5 Å². The molecule has 3 aromatic carbocycles. The Morgan fingerprint density at radius 1 is 0.926 bits per heavy atom. The van der Waals surface area contributed by atoms with Crippen molar-refractivity contribution in [3.05, 3.63) is 58.5 Å². The van der Waals surface area contributed by atoms with E-state index in [1.165, 1.54) is 18.3 Å². The van der Waals surface area contributed by atoms with Crippen LogP contribution in [0.5, 0.6) is 5.75 Å². The summed E-state index contributed by atoms with van der Waals surface area (Å²) >= 11 is 14.3. The Balaban J connectivity index is 1.18. The third kappa shape index (κ3) is 7.41. The first-order valence-corrected chi connectivity index (χ1v) is 19.8. The summed E-state index contributed by atoms with van der Waals surface area (Å²) in [6, 6.07) is 9.88. The maximum atomic E-state index is 13.9. The lowest BCUT2D eigenvalue weighted by molar-refractivity contribution is -0.134. The first kappa shape index (κ1) is 39.1. The number of fused-ring (bicyclic) bond motifs is 6. The number of ether oxygens (including phenoxy) is 1. The standard InChI is InChI=1S/C39H43Cl2N5O7S/c1-19(2)35(53-39(42)52)38(51)43-21(4)37(50)44-26-12-27-33(25-9-6-5-8-24(25)26)22(14-40)16-45(27)30(48)10-7-11-31(49)46-17-23(15-41)34-28(46)13-29(47)36-32(34)20(3)18-54-36/h5-6,8-9,12-13,18-19,21-23,35,47H,7,10-11,14-17H2,1-4H3,(H2,42,52)(H,43,51)(H,44,50)/t21-,22+,23+,35-/m0/s1. The van der Waals surface area contributed by atoms with Gasteiger partial charge in [0.25, 0.3) is 5.91 Å². The largest absolute Gasteiger partial charge is 0.506 e. The van der Waals surface area contributed by atoms with Crippen molar-refractivity contribution in [1.82, 2.24) is 5.32 Å². The number of aromatic hydroxyl groups is 1. The number of amides is 5. The molecule has 286 valence electrons. The van der Waals surface area contributed by atoms with Gasteiger partial charge in [-0.2, -0.15) is 0 Å². The molecule has 5 amide bonds. The number of thiophene rings is 1. The number of carbonyl (C=O) groups is 5. The van der Waals surface area contributed by atoms with E-state index in [0.29, 0.717) is 42.5 Å². The van der Waals surface area contributed by atoms with Crippen molar-refractivity contribution in [3.63, 3.8) is 0 Å². The number of anilines is 3. The summed E-state index contributed by atoms with van der Waals surface area (Å²) in [7, 11) is 0. The van der Waals surface area contributed by atoms with E-state index in [-0.39, 0.29) is 54.0 Å². The fourth-order valence-electron chi connectivity index (χ4n) is 7.57. The number of halogens is 2. The number of primary amides is 1. The fourth-order valence-corrected chi connectivity index (χ4v) is 9.05. The molecule has 4 atom stereocenters. The summed E-state index contributed by atoms with van der Waals surface area (Å²) in [6.07, 6.45) is -1.77. The highest BCUT2D eigenvalue weighted by Gasteiger charge is 2.37. The Kier molecular flexibility index (Phi) is 11.6. The SMILES string of the molecule is Cc1csc2c(O)cc3c(c12)[C@H](CCl)CN3C(=O)CCCC(=O)N1C[C@@H](CCl)c2c1cc(NC(=O)[C@H](C)NC(=O)[C@@H](OC(N)=O)C(C)C)c1ccccc21. The van der Waals surface area contributed by atoms with E-state index in [4.69, 9.17) is 33.7 Å². The van der Waals surface area contributed by atoms with Crippen molar-refractivity contribution in [3.8, 4) is 5.75 Å². The van der Waals surface area contributed by atoms with Gasteiger partial charge in [0.1, 0.15) is 11.8 Å². The minimum absolute atomic E-state index is 0.0752. The molecule has 0 bridgehead atoms. The van der Waals surface area contributed by atoms with E-state index in [1.54, 1.807) is 35.8 Å². The molecule has 4 aromatic rings. The number of hydrogen-bond donors (Lipinski definition) is 4. The molecule has 0 aliphatic carbocycles. The molecule has 0 unspecified atom stereocenters. The Hall–Kier alpha value is -4.59. The Labute approximate surface area is 326 Å². The van der Waals surface area contributed by atoms with Gasteiger partial charge in [0.05, 0.1) is 16.1 Å². The molecule has 5 N–H and O–H groups in total. The molecule has 0 spiro atoms. The topological polar surface area (TPSA) is 171 Å². The van der Waals surface area contributed by atoms with Crippen molar-refractivity contribution in [2.24, 2.45) is 11.7 Å². The molecule has 0 saturated heterocycles. The molecule has 6 rings (SSSR count). The van der Waals surface area contributed by atoms with Gasteiger partial charge in [0.2, 0.25) is 17.7 Å². The molecule has 0 saturated carbocycles. The summed E-state index contributed by atoms with van der Waals surface area (Å²) in [5.41, 5.74) is 9.75. The molecule has 2 aliphatic rings. The van der Waals surface area contributed by atoms with Crippen LogP contribution in [-0.2, 0) is 23.9 Å². The number of benzene rings is 3. The van der Waals surface area contributed by atoms with Crippen LogP contribution in [-0.4, -0.2) is 71.8 Å². The van der Waals surface area contributed by atoms with E-state index in [9.17, 15) is 29.1 Å². The minimum atomic E-state index is -1.18. The number of nitrogens with one attached hydrogen (secondary N) is 2. The molecule has 3 heterocycles. The zero-order valence-corrected chi connectivity index (χ0v) is 32.7. The number of alkyl halides is 2. The van der Waals surface area contributed by atoms with Crippen LogP contribution in [0.4, 0.5) is 21.9 Å². The lowest BCUT2D eigenvalue weighted by Crippen LogP contribution is -2.49. The fraction of sp³-hybridized carbons (Fsp3) is 0.410. The third-order valence-corrected chi connectivity index (χ3v) is 12.0.